The summed E-state index contributed by atoms with van der Waals surface area (Å²) < 4.78 is 9.95. The van der Waals surface area contributed by atoms with Crippen molar-refractivity contribution in [1.29, 1.82) is 0 Å². The summed E-state index contributed by atoms with van der Waals surface area (Å²) in [4.78, 5) is 25.5. The molecule has 1 amide bonds. The fourth-order valence-electron chi connectivity index (χ4n) is 2.20. The van der Waals surface area contributed by atoms with Crippen LogP contribution in [-0.4, -0.2) is 49.7 Å². The molecular formula is C14H18N2O4. The zero-order chi connectivity index (χ0) is 14.7. The van der Waals surface area contributed by atoms with Gasteiger partial charge in [-0.1, -0.05) is 0 Å². The number of esters is 1. The van der Waals surface area contributed by atoms with Crippen LogP contribution in [0.1, 0.15) is 15.9 Å². The van der Waals surface area contributed by atoms with Gasteiger partial charge in [0.05, 0.1) is 20.3 Å². The van der Waals surface area contributed by atoms with E-state index in [1.54, 1.807) is 23.1 Å². The van der Waals surface area contributed by atoms with E-state index in [1.165, 1.54) is 7.11 Å². The minimum atomic E-state index is -0.716. The molecule has 1 aliphatic rings. The second kappa shape index (κ2) is 5.92. The number of nitrogen functional groups attached to an aromatic ring is 1. The summed E-state index contributed by atoms with van der Waals surface area (Å²) in [5, 5.41) is 0. The number of benzene rings is 1. The molecule has 6 nitrogen and oxygen atoms in total. The Morgan fingerprint density at radius 3 is 2.85 bits per heavy atom. The van der Waals surface area contributed by atoms with Gasteiger partial charge >= 0.3 is 5.97 Å². The second-order valence-corrected chi connectivity index (χ2v) is 4.71. The summed E-state index contributed by atoms with van der Waals surface area (Å²) in [6.07, 6.45) is -0.716. The average Bonchev–Trinajstić information content (AvgIpc) is 2.46. The van der Waals surface area contributed by atoms with Crippen molar-refractivity contribution in [2.75, 3.05) is 32.5 Å². The zero-order valence-corrected chi connectivity index (χ0v) is 11.6. The number of carbonyl (C=O) groups excluding carboxylic acids is 2. The van der Waals surface area contributed by atoms with Gasteiger partial charge in [0, 0.05) is 17.8 Å². The number of amides is 1. The molecule has 1 aliphatic heterocycles. The van der Waals surface area contributed by atoms with Gasteiger partial charge in [0.25, 0.3) is 5.91 Å². The summed E-state index contributed by atoms with van der Waals surface area (Å²) in [5.41, 5.74) is 7.70. The molecule has 0 aromatic heterocycles. The van der Waals surface area contributed by atoms with Crippen molar-refractivity contribution in [3.8, 4) is 0 Å². The van der Waals surface area contributed by atoms with Gasteiger partial charge in [0.15, 0.2) is 6.10 Å². The number of carbonyl (C=O) groups is 2. The maximum atomic E-state index is 12.5. The molecule has 6 heteroatoms. The molecule has 2 N–H and O–H groups in total. The molecule has 1 atom stereocenters. The lowest BCUT2D eigenvalue weighted by atomic mass is 10.1. The highest BCUT2D eigenvalue weighted by molar-refractivity contribution is 5.96. The summed E-state index contributed by atoms with van der Waals surface area (Å²) in [6.45, 7) is 2.81. The van der Waals surface area contributed by atoms with Crippen LogP contribution in [0, 0.1) is 6.92 Å². The first kappa shape index (κ1) is 14.3. The van der Waals surface area contributed by atoms with E-state index in [1.807, 2.05) is 6.92 Å². The van der Waals surface area contributed by atoms with Crippen LogP contribution in [0.5, 0.6) is 0 Å². The lowest BCUT2D eigenvalue weighted by Crippen LogP contribution is -2.49. The minimum absolute atomic E-state index is 0.125. The normalized spacial score (nSPS) is 18.7. The lowest BCUT2D eigenvalue weighted by Gasteiger charge is -2.31. The zero-order valence-electron chi connectivity index (χ0n) is 11.6. The van der Waals surface area contributed by atoms with Gasteiger partial charge in [0.1, 0.15) is 0 Å². The van der Waals surface area contributed by atoms with Crippen LogP contribution in [-0.2, 0) is 14.3 Å². The molecule has 0 saturated carbocycles. The average molecular weight is 278 g/mol. The number of aryl methyl sites for hydroxylation is 1. The third-order valence-electron chi connectivity index (χ3n) is 3.30. The molecule has 0 radical (unpaired) electrons. The molecule has 1 aromatic carbocycles. The number of morpholine rings is 1. The van der Waals surface area contributed by atoms with E-state index in [2.05, 4.69) is 4.74 Å². The summed E-state index contributed by atoms with van der Waals surface area (Å²) in [5.74, 6) is -0.587. The molecule has 0 spiro atoms. The molecule has 1 saturated heterocycles. The summed E-state index contributed by atoms with van der Waals surface area (Å²) in [7, 11) is 1.30. The maximum Gasteiger partial charge on any atom is 0.336 e. The molecule has 1 fully saturated rings. The van der Waals surface area contributed by atoms with Gasteiger partial charge in [-0.2, -0.15) is 0 Å². The van der Waals surface area contributed by atoms with Crippen LogP contribution >= 0.6 is 0 Å². The number of ether oxygens (including phenoxy) is 2. The molecule has 1 heterocycles. The van der Waals surface area contributed by atoms with Crippen molar-refractivity contribution in [1.82, 2.24) is 4.90 Å². The van der Waals surface area contributed by atoms with E-state index in [0.717, 1.165) is 5.56 Å². The molecule has 1 aromatic rings. The number of hydrogen-bond donors (Lipinski definition) is 1. The Morgan fingerprint density at radius 2 is 2.20 bits per heavy atom. The van der Waals surface area contributed by atoms with Crippen molar-refractivity contribution >= 4 is 17.6 Å². The van der Waals surface area contributed by atoms with E-state index in [0.29, 0.717) is 24.4 Å². The molecule has 2 rings (SSSR count). The highest BCUT2D eigenvalue weighted by atomic mass is 16.6. The lowest BCUT2D eigenvalue weighted by molar-refractivity contribution is -0.158. The van der Waals surface area contributed by atoms with Crippen LogP contribution in [0.4, 0.5) is 5.69 Å². The smallest absolute Gasteiger partial charge is 0.336 e. The first-order valence-corrected chi connectivity index (χ1v) is 6.37. The topological polar surface area (TPSA) is 81.9 Å². The predicted molar refractivity (Wildman–Crippen MR) is 73.3 cm³/mol. The number of rotatable bonds is 2. The Morgan fingerprint density at radius 1 is 1.45 bits per heavy atom. The second-order valence-electron chi connectivity index (χ2n) is 4.71. The van der Waals surface area contributed by atoms with Crippen molar-refractivity contribution in [3.05, 3.63) is 29.3 Å². The van der Waals surface area contributed by atoms with Gasteiger partial charge in [-0.25, -0.2) is 4.79 Å². The van der Waals surface area contributed by atoms with Crippen molar-refractivity contribution in [2.45, 2.75) is 13.0 Å². The van der Waals surface area contributed by atoms with E-state index in [9.17, 15) is 9.59 Å². The third kappa shape index (κ3) is 2.91. The van der Waals surface area contributed by atoms with Crippen molar-refractivity contribution in [2.24, 2.45) is 0 Å². The largest absolute Gasteiger partial charge is 0.467 e. The summed E-state index contributed by atoms with van der Waals surface area (Å²) in [6, 6.07) is 5.15. The standard InChI is InChI=1S/C14H18N2O4/c1-9-7-10(15)3-4-11(9)13(17)16-5-6-20-12(8-16)14(18)19-2/h3-4,7,12H,5-6,8,15H2,1-2H3. The molecule has 0 bridgehead atoms. The Balaban J connectivity index is 2.14. The SMILES string of the molecule is COC(=O)C1CN(C(=O)c2ccc(N)cc2C)CCO1. The maximum absolute atomic E-state index is 12.5. The van der Waals surface area contributed by atoms with Gasteiger partial charge < -0.3 is 20.1 Å². The number of anilines is 1. The third-order valence-corrected chi connectivity index (χ3v) is 3.30. The van der Waals surface area contributed by atoms with Crippen LogP contribution in [0.15, 0.2) is 18.2 Å². The predicted octanol–water partition coefficient (Wildman–Crippen LogP) is 0.591. The highest BCUT2D eigenvalue weighted by Crippen LogP contribution is 2.17. The number of methoxy groups -OCH3 is 1. The first-order valence-electron chi connectivity index (χ1n) is 6.37. The van der Waals surface area contributed by atoms with Crippen LogP contribution in [0.25, 0.3) is 0 Å². The van der Waals surface area contributed by atoms with E-state index >= 15 is 0 Å². The molecular weight excluding hydrogens is 260 g/mol. The first-order chi connectivity index (χ1) is 9.52. The van der Waals surface area contributed by atoms with Gasteiger partial charge in [0.2, 0.25) is 0 Å². The summed E-state index contributed by atoms with van der Waals surface area (Å²) >= 11 is 0. The highest BCUT2D eigenvalue weighted by Gasteiger charge is 2.30. The minimum Gasteiger partial charge on any atom is -0.467 e. The molecule has 1 unspecified atom stereocenters. The fraction of sp³-hybridized carbons (Fsp3) is 0.429. The Hall–Kier alpha value is -2.08. The molecule has 20 heavy (non-hydrogen) atoms. The Bertz CT molecular complexity index is 530. The van der Waals surface area contributed by atoms with Crippen molar-refractivity contribution in [3.63, 3.8) is 0 Å². The fourth-order valence-corrected chi connectivity index (χ4v) is 2.20. The monoisotopic (exact) mass is 278 g/mol. The Kier molecular flexibility index (Phi) is 4.24. The number of nitrogens with zero attached hydrogens (tertiary/aromatic N) is 1. The van der Waals surface area contributed by atoms with E-state index in [4.69, 9.17) is 10.5 Å². The number of hydrogen-bond acceptors (Lipinski definition) is 5. The van der Waals surface area contributed by atoms with E-state index in [-0.39, 0.29) is 12.5 Å². The van der Waals surface area contributed by atoms with Crippen LogP contribution in [0.2, 0.25) is 0 Å². The van der Waals surface area contributed by atoms with Gasteiger partial charge in [-0.05, 0) is 30.7 Å². The van der Waals surface area contributed by atoms with Crippen LogP contribution < -0.4 is 5.73 Å². The molecule has 0 aliphatic carbocycles. The number of nitrogens with two attached hydrogens (primary N) is 1. The van der Waals surface area contributed by atoms with E-state index < -0.39 is 12.1 Å². The van der Waals surface area contributed by atoms with Gasteiger partial charge in [-0.15, -0.1) is 0 Å². The molecule has 108 valence electrons. The van der Waals surface area contributed by atoms with Crippen LogP contribution in [0.3, 0.4) is 0 Å². The Labute approximate surface area is 117 Å². The van der Waals surface area contributed by atoms with Gasteiger partial charge in [-0.3, -0.25) is 4.79 Å². The quantitative estimate of drug-likeness (QED) is 0.632. The van der Waals surface area contributed by atoms with Crippen molar-refractivity contribution < 1.29 is 19.1 Å².